The minimum Gasteiger partial charge on any atom is -0.493 e. The Bertz CT molecular complexity index is 1290. The standard InChI is InChI=1S/C29H24O5/c1-18(2)21-12-8-19(9-13-21)11-15-27(30)34-25-14-10-20(17-26(25)33-3)16-24-28(31)22-6-4-5-7-23(22)29(24)32/h4-18H,1-3H3/b15-11+. The van der Waals surface area contributed by atoms with Crippen LogP contribution in [0.4, 0.5) is 0 Å². The van der Waals surface area contributed by atoms with Crippen LogP contribution in [0.25, 0.3) is 12.2 Å². The molecule has 1 aliphatic carbocycles. The number of carbonyl (C=O) groups is 3. The van der Waals surface area contributed by atoms with Crippen LogP contribution < -0.4 is 9.47 Å². The van der Waals surface area contributed by atoms with Crippen molar-refractivity contribution in [3.8, 4) is 11.5 Å². The van der Waals surface area contributed by atoms with Crippen molar-refractivity contribution in [3.63, 3.8) is 0 Å². The number of ketones is 2. The lowest BCUT2D eigenvalue weighted by Gasteiger charge is -2.09. The summed E-state index contributed by atoms with van der Waals surface area (Å²) in [6, 6.07) is 19.6. The Morgan fingerprint density at radius 2 is 1.44 bits per heavy atom. The highest BCUT2D eigenvalue weighted by molar-refractivity contribution is 6.41. The molecule has 0 bridgehead atoms. The van der Waals surface area contributed by atoms with E-state index in [2.05, 4.69) is 13.8 Å². The molecule has 0 atom stereocenters. The van der Waals surface area contributed by atoms with Gasteiger partial charge in [-0.15, -0.1) is 0 Å². The van der Waals surface area contributed by atoms with Crippen molar-refractivity contribution in [1.29, 1.82) is 0 Å². The molecule has 0 N–H and O–H groups in total. The Morgan fingerprint density at radius 1 is 0.824 bits per heavy atom. The zero-order chi connectivity index (χ0) is 24.2. The van der Waals surface area contributed by atoms with E-state index < -0.39 is 5.97 Å². The summed E-state index contributed by atoms with van der Waals surface area (Å²) >= 11 is 0. The molecule has 0 radical (unpaired) electrons. The molecular formula is C29H24O5. The Balaban J connectivity index is 1.49. The van der Waals surface area contributed by atoms with Crippen molar-refractivity contribution in [3.05, 3.63) is 106 Å². The van der Waals surface area contributed by atoms with Crippen LogP contribution in [0, 0.1) is 0 Å². The molecule has 0 unspecified atom stereocenters. The average Bonchev–Trinajstić information content (AvgIpc) is 3.08. The van der Waals surface area contributed by atoms with Gasteiger partial charge in [-0.25, -0.2) is 4.79 Å². The Kier molecular flexibility index (Phi) is 6.55. The van der Waals surface area contributed by atoms with E-state index in [1.807, 2.05) is 24.3 Å². The summed E-state index contributed by atoms with van der Waals surface area (Å²) < 4.78 is 10.8. The quantitative estimate of drug-likeness (QED) is 0.202. The number of esters is 1. The number of methoxy groups -OCH3 is 1. The highest BCUT2D eigenvalue weighted by Gasteiger charge is 2.32. The van der Waals surface area contributed by atoms with E-state index in [1.165, 1.54) is 24.8 Å². The number of fused-ring (bicyclic) bond motifs is 1. The number of ether oxygens (including phenoxy) is 2. The molecule has 5 heteroatoms. The number of Topliss-reactive ketones (excluding diaryl/α,β-unsaturated/α-hetero) is 2. The molecule has 4 rings (SSSR count). The number of allylic oxidation sites excluding steroid dienone is 1. The van der Waals surface area contributed by atoms with Gasteiger partial charge in [0.25, 0.3) is 0 Å². The Labute approximate surface area is 198 Å². The maximum atomic E-state index is 12.6. The summed E-state index contributed by atoms with van der Waals surface area (Å²) in [6.45, 7) is 4.25. The smallest absolute Gasteiger partial charge is 0.336 e. The van der Waals surface area contributed by atoms with Gasteiger partial charge in [0.05, 0.1) is 12.7 Å². The second-order valence-corrected chi connectivity index (χ2v) is 8.25. The third-order valence-electron chi connectivity index (χ3n) is 5.63. The summed E-state index contributed by atoms with van der Waals surface area (Å²) in [5.74, 6) is -0.166. The zero-order valence-electron chi connectivity index (χ0n) is 19.2. The van der Waals surface area contributed by atoms with Gasteiger partial charge in [-0.05, 0) is 46.9 Å². The highest BCUT2D eigenvalue weighted by Crippen LogP contribution is 2.32. The van der Waals surface area contributed by atoms with Crippen molar-refractivity contribution in [1.82, 2.24) is 0 Å². The summed E-state index contributed by atoms with van der Waals surface area (Å²) in [7, 11) is 1.46. The van der Waals surface area contributed by atoms with Crippen LogP contribution >= 0.6 is 0 Å². The van der Waals surface area contributed by atoms with Crippen LogP contribution in [0.2, 0.25) is 0 Å². The van der Waals surface area contributed by atoms with Gasteiger partial charge in [0.2, 0.25) is 0 Å². The zero-order valence-corrected chi connectivity index (χ0v) is 19.2. The largest absolute Gasteiger partial charge is 0.493 e. The van der Waals surface area contributed by atoms with Crippen molar-refractivity contribution in [2.75, 3.05) is 7.11 Å². The van der Waals surface area contributed by atoms with Crippen molar-refractivity contribution < 1.29 is 23.9 Å². The minimum absolute atomic E-state index is 0.0967. The molecule has 0 amide bonds. The van der Waals surface area contributed by atoms with Gasteiger partial charge in [0.1, 0.15) is 0 Å². The van der Waals surface area contributed by atoms with E-state index in [1.54, 1.807) is 48.5 Å². The first-order chi connectivity index (χ1) is 16.4. The molecule has 3 aromatic rings. The Morgan fingerprint density at radius 3 is 2.03 bits per heavy atom. The fourth-order valence-electron chi connectivity index (χ4n) is 3.73. The number of hydrogen-bond acceptors (Lipinski definition) is 5. The van der Waals surface area contributed by atoms with E-state index >= 15 is 0 Å². The summed E-state index contributed by atoms with van der Waals surface area (Å²) in [6.07, 6.45) is 4.57. The fourth-order valence-corrected chi connectivity index (χ4v) is 3.73. The van der Waals surface area contributed by atoms with Crippen LogP contribution in [-0.2, 0) is 4.79 Å². The SMILES string of the molecule is COc1cc(C=C2C(=O)c3ccccc3C2=O)ccc1OC(=O)/C=C/c1ccc(C(C)C)cc1. The third kappa shape index (κ3) is 4.74. The van der Waals surface area contributed by atoms with Gasteiger partial charge in [-0.2, -0.15) is 0 Å². The van der Waals surface area contributed by atoms with E-state index in [0.29, 0.717) is 28.4 Å². The van der Waals surface area contributed by atoms with Gasteiger partial charge in [-0.1, -0.05) is 68.4 Å². The monoisotopic (exact) mass is 452 g/mol. The van der Waals surface area contributed by atoms with Crippen LogP contribution in [-0.4, -0.2) is 24.6 Å². The number of hydrogen-bond donors (Lipinski definition) is 0. The molecule has 0 saturated heterocycles. The summed E-state index contributed by atoms with van der Waals surface area (Å²) in [5.41, 5.74) is 3.61. The number of rotatable bonds is 6. The van der Waals surface area contributed by atoms with Gasteiger partial charge in [0.15, 0.2) is 23.1 Å². The molecule has 0 saturated carbocycles. The van der Waals surface area contributed by atoms with Crippen LogP contribution in [0.1, 0.15) is 57.2 Å². The second kappa shape index (κ2) is 9.71. The van der Waals surface area contributed by atoms with Gasteiger partial charge in [-0.3, -0.25) is 9.59 Å². The number of carbonyl (C=O) groups excluding carboxylic acids is 3. The molecule has 0 fully saturated rings. The first-order valence-electron chi connectivity index (χ1n) is 11.0. The molecule has 0 aromatic heterocycles. The van der Waals surface area contributed by atoms with E-state index in [4.69, 9.17) is 9.47 Å². The molecule has 5 nitrogen and oxygen atoms in total. The lowest BCUT2D eigenvalue weighted by molar-refractivity contribution is -0.129. The van der Waals surface area contributed by atoms with Gasteiger partial charge in [0, 0.05) is 17.2 Å². The van der Waals surface area contributed by atoms with Crippen molar-refractivity contribution >= 4 is 29.7 Å². The maximum Gasteiger partial charge on any atom is 0.336 e. The lowest BCUT2D eigenvalue weighted by Crippen LogP contribution is -2.05. The predicted octanol–water partition coefficient (Wildman–Crippen LogP) is 5.90. The highest BCUT2D eigenvalue weighted by atomic mass is 16.6. The molecular weight excluding hydrogens is 428 g/mol. The van der Waals surface area contributed by atoms with Crippen molar-refractivity contribution in [2.45, 2.75) is 19.8 Å². The van der Waals surface area contributed by atoms with Gasteiger partial charge >= 0.3 is 5.97 Å². The predicted molar refractivity (Wildman–Crippen MR) is 131 cm³/mol. The van der Waals surface area contributed by atoms with E-state index in [-0.39, 0.29) is 22.9 Å². The van der Waals surface area contributed by atoms with Crippen LogP contribution in [0.3, 0.4) is 0 Å². The maximum absolute atomic E-state index is 12.6. The minimum atomic E-state index is -0.547. The summed E-state index contributed by atoms with van der Waals surface area (Å²) in [5, 5.41) is 0. The topological polar surface area (TPSA) is 69.7 Å². The molecule has 170 valence electrons. The average molecular weight is 453 g/mol. The Hall–Kier alpha value is -4.25. The normalized spacial score (nSPS) is 12.9. The second-order valence-electron chi connectivity index (χ2n) is 8.25. The molecule has 34 heavy (non-hydrogen) atoms. The first kappa shape index (κ1) is 22.9. The molecule has 1 aliphatic rings. The third-order valence-corrected chi connectivity index (χ3v) is 5.63. The van der Waals surface area contributed by atoms with E-state index in [9.17, 15) is 14.4 Å². The summed E-state index contributed by atoms with van der Waals surface area (Å²) in [4.78, 5) is 37.6. The van der Waals surface area contributed by atoms with Crippen LogP contribution in [0.5, 0.6) is 11.5 Å². The van der Waals surface area contributed by atoms with Gasteiger partial charge < -0.3 is 9.47 Å². The van der Waals surface area contributed by atoms with E-state index in [0.717, 1.165) is 5.56 Å². The molecule has 0 aliphatic heterocycles. The fraction of sp³-hybridized carbons (Fsp3) is 0.138. The first-order valence-corrected chi connectivity index (χ1v) is 11.0. The van der Waals surface area contributed by atoms with Crippen LogP contribution in [0.15, 0.2) is 78.4 Å². The molecule has 0 spiro atoms. The molecule has 3 aromatic carbocycles. The molecule has 0 heterocycles. The lowest BCUT2D eigenvalue weighted by atomic mass is 10.0. The van der Waals surface area contributed by atoms with Crippen molar-refractivity contribution in [2.24, 2.45) is 0 Å². The number of benzene rings is 3.